The van der Waals surface area contributed by atoms with Gasteiger partial charge in [-0.1, -0.05) is 127 Å². The third-order valence-electron chi connectivity index (χ3n) is 16.7. The Kier molecular flexibility index (Phi) is 10.0. The minimum Gasteiger partial charge on any atom is -0.456 e. The molecule has 4 heterocycles. The predicted molar refractivity (Wildman–Crippen MR) is 339 cm³/mol. The Morgan fingerprint density at radius 1 is 0.259 bits per heavy atom. The van der Waals surface area contributed by atoms with E-state index in [1.807, 2.05) is 0 Å². The first-order valence-electron chi connectivity index (χ1n) is 27.7. The molecule has 0 fully saturated rings. The number of hydrogen-bond donors (Lipinski definition) is 0. The second kappa shape index (κ2) is 17.9. The maximum absolute atomic E-state index is 7.10. The molecule has 7 heteroatoms. The SMILES string of the molecule is c1ccc(N(c2ccccc2)c2ccc3cc4c(cc3c2)oc2cc3c(cc24)N(c2ccccc2)c2cccc4c2B3c2cc3oc5cc6cc(N(c7ccccc7)c7ccccc7)ccc6cc5c3cc2N4c2ccccc2)cc1. The Balaban J connectivity index is 0.863. The van der Waals surface area contributed by atoms with E-state index in [0.29, 0.717) is 0 Å². The molecule has 0 saturated carbocycles. The zero-order valence-corrected chi connectivity index (χ0v) is 43.8. The Morgan fingerprint density at radius 2 is 0.605 bits per heavy atom. The average molecular weight is 1040 g/mol. The molecule has 13 aromatic carbocycles. The van der Waals surface area contributed by atoms with E-state index in [9.17, 15) is 0 Å². The van der Waals surface area contributed by atoms with E-state index in [2.05, 4.69) is 305 Å². The minimum absolute atomic E-state index is 0.163. The van der Waals surface area contributed by atoms with Gasteiger partial charge in [-0.3, -0.25) is 0 Å². The molecule has 0 bridgehead atoms. The van der Waals surface area contributed by atoms with E-state index in [4.69, 9.17) is 8.83 Å². The molecule has 17 rings (SSSR count). The topological polar surface area (TPSA) is 39.2 Å². The summed E-state index contributed by atoms with van der Waals surface area (Å²) in [4.78, 5) is 9.54. The van der Waals surface area contributed by atoms with E-state index in [-0.39, 0.29) is 6.71 Å². The lowest BCUT2D eigenvalue weighted by Crippen LogP contribution is -2.61. The van der Waals surface area contributed by atoms with Crippen molar-refractivity contribution in [2.75, 3.05) is 19.6 Å². The van der Waals surface area contributed by atoms with Gasteiger partial charge in [0.25, 0.3) is 6.71 Å². The first-order valence-corrected chi connectivity index (χ1v) is 27.7. The van der Waals surface area contributed by atoms with Crippen molar-refractivity contribution in [2.45, 2.75) is 0 Å². The van der Waals surface area contributed by atoms with Crippen LogP contribution in [0.1, 0.15) is 0 Å². The highest BCUT2D eigenvalue weighted by Gasteiger charge is 2.44. The zero-order chi connectivity index (χ0) is 53.1. The van der Waals surface area contributed by atoms with Crippen LogP contribution in [0.25, 0.3) is 65.4 Å². The van der Waals surface area contributed by atoms with Crippen LogP contribution in [0.3, 0.4) is 0 Å². The van der Waals surface area contributed by atoms with Crippen molar-refractivity contribution < 1.29 is 8.83 Å². The van der Waals surface area contributed by atoms with E-state index in [1.165, 1.54) is 16.4 Å². The van der Waals surface area contributed by atoms with Crippen LogP contribution in [0.4, 0.5) is 68.2 Å². The van der Waals surface area contributed by atoms with Gasteiger partial charge in [0.15, 0.2) is 0 Å². The van der Waals surface area contributed by atoms with Gasteiger partial charge in [0, 0.05) is 89.8 Å². The normalized spacial score (nSPS) is 12.6. The van der Waals surface area contributed by atoms with Crippen LogP contribution in [-0.4, -0.2) is 6.71 Å². The molecular weight excluding hydrogens is 988 g/mol. The summed E-state index contributed by atoms with van der Waals surface area (Å²) < 4.78 is 14.2. The summed E-state index contributed by atoms with van der Waals surface area (Å²) in [6, 6.07) is 103. The first-order chi connectivity index (χ1) is 40.1. The molecular formula is C74H47BN4O2. The van der Waals surface area contributed by atoms with Gasteiger partial charge in [-0.05, 0) is 196 Å². The quantitative estimate of drug-likeness (QED) is 0.141. The predicted octanol–water partition coefficient (Wildman–Crippen LogP) is 18.8. The van der Waals surface area contributed by atoms with Gasteiger partial charge < -0.3 is 28.4 Å². The summed E-state index contributed by atoms with van der Waals surface area (Å²) in [5, 5.41) is 8.82. The molecule has 81 heavy (non-hydrogen) atoms. The van der Waals surface area contributed by atoms with Crippen molar-refractivity contribution in [3.05, 3.63) is 285 Å². The lowest BCUT2D eigenvalue weighted by atomic mass is 9.33. The summed E-state index contributed by atoms with van der Waals surface area (Å²) in [5.74, 6) is 0. The lowest BCUT2D eigenvalue weighted by Gasteiger charge is -2.44. The van der Waals surface area contributed by atoms with Crippen molar-refractivity contribution >= 4 is 157 Å². The van der Waals surface area contributed by atoms with Gasteiger partial charge in [0.2, 0.25) is 0 Å². The highest BCUT2D eigenvalue weighted by Crippen LogP contribution is 2.48. The Hall–Kier alpha value is -10.8. The monoisotopic (exact) mass is 1030 g/mol. The maximum Gasteiger partial charge on any atom is 0.252 e. The van der Waals surface area contributed by atoms with Gasteiger partial charge in [0.1, 0.15) is 22.3 Å². The van der Waals surface area contributed by atoms with E-state index in [0.717, 1.165) is 134 Å². The van der Waals surface area contributed by atoms with E-state index >= 15 is 0 Å². The van der Waals surface area contributed by atoms with Crippen LogP contribution in [0, 0.1) is 0 Å². The zero-order valence-electron chi connectivity index (χ0n) is 43.8. The Labute approximate surface area is 467 Å². The van der Waals surface area contributed by atoms with Gasteiger partial charge in [-0.25, -0.2) is 0 Å². The largest absolute Gasteiger partial charge is 0.456 e. The molecule has 2 aromatic heterocycles. The second-order valence-corrected chi connectivity index (χ2v) is 21.3. The van der Waals surface area contributed by atoms with Crippen molar-refractivity contribution in [3.8, 4) is 0 Å². The van der Waals surface area contributed by atoms with Gasteiger partial charge >= 0.3 is 0 Å². The Morgan fingerprint density at radius 3 is 0.988 bits per heavy atom. The van der Waals surface area contributed by atoms with Crippen LogP contribution in [-0.2, 0) is 0 Å². The fourth-order valence-electron chi connectivity index (χ4n) is 13.1. The molecule has 0 spiro atoms. The third kappa shape index (κ3) is 7.15. The fraction of sp³-hybridized carbons (Fsp3) is 0. The smallest absolute Gasteiger partial charge is 0.252 e. The molecule has 2 aliphatic rings. The second-order valence-electron chi connectivity index (χ2n) is 21.3. The molecule has 2 aliphatic heterocycles. The molecule has 0 radical (unpaired) electrons. The average Bonchev–Trinajstić information content (AvgIpc) is 4.26. The van der Waals surface area contributed by atoms with Crippen molar-refractivity contribution in [3.63, 3.8) is 0 Å². The number of fused-ring (bicyclic) bond motifs is 12. The lowest BCUT2D eigenvalue weighted by molar-refractivity contribution is 0.669. The molecule has 378 valence electrons. The van der Waals surface area contributed by atoms with Crippen LogP contribution in [0.2, 0.25) is 0 Å². The summed E-state index contributed by atoms with van der Waals surface area (Å²) in [7, 11) is 0. The maximum atomic E-state index is 7.10. The molecule has 0 amide bonds. The van der Waals surface area contributed by atoms with Gasteiger partial charge in [0.05, 0.1) is 0 Å². The van der Waals surface area contributed by atoms with Crippen molar-refractivity contribution in [2.24, 2.45) is 0 Å². The number of benzene rings is 13. The van der Waals surface area contributed by atoms with Crippen LogP contribution >= 0.6 is 0 Å². The fourth-order valence-corrected chi connectivity index (χ4v) is 13.1. The molecule has 0 unspecified atom stereocenters. The van der Waals surface area contributed by atoms with Crippen LogP contribution in [0.5, 0.6) is 0 Å². The first kappa shape index (κ1) is 45.3. The molecule has 0 saturated heterocycles. The van der Waals surface area contributed by atoms with Crippen molar-refractivity contribution in [1.29, 1.82) is 0 Å². The number of para-hydroxylation sites is 6. The summed E-state index contributed by atoms with van der Waals surface area (Å²) in [6.45, 7) is -0.163. The number of nitrogens with zero attached hydrogens (tertiary/aromatic N) is 4. The van der Waals surface area contributed by atoms with E-state index < -0.39 is 0 Å². The summed E-state index contributed by atoms with van der Waals surface area (Å²) in [6.07, 6.45) is 0. The van der Waals surface area contributed by atoms with Crippen LogP contribution < -0.4 is 36.0 Å². The molecule has 0 N–H and O–H groups in total. The van der Waals surface area contributed by atoms with Gasteiger partial charge in [-0.15, -0.1) is 0 Å². The summed E-state index contributed by atoms with van der Waals surface area (Å²) in [5.41, 5.74) is 20.2. The number of anilines is 12. The standard InChI is InChI=1S/C74H47BN4O2/c1-7-20-52(21-8-1)76(53-22-9-2-10-23-53)58-36-34-48-40-60-62-44-68-64(46-72(62)80-70(60)42-50(48)38-58)75-65-47-73-63(45-69(65)79(57-30-17-6-18-31-57)67-33-19-32-66(74(67)75)78(68)56-28-15-5-16-29-56)61-41-49-35-37-59(39-51(49)43-71(61)81-73)77(54-24-11-3-12-25-54)55-26-13-4-14-27-55/h1-47H. The van der Waals surface area contributed by atoms with Crippen LogP contribution in [0.15, 0.2) is 294 Å². The highest BCUT2D eigenvalue weighted by molar-refractivity contribution is 7.00. The minimum atomic E-state index is -0.163. The molecule has 15 aromatic rings. The van der Waals surface area contributed by atoms with E-state index in [1.54, 1.807) is 0 Å². The molecule has 0 atom stereocenters. The summed E-state index contributed by atoms with van der Waals surface area (Å²) >= 11 is 0. The van der Waals surface area contributed by atoms with Gasteiger partial charge in [-0.2, -0.15) is 0 Å². The molecule has 6 nitrogen and oxygen atoms in total. The number of rotatable bonds is 8. The Bertz CT molecular complexity index is 4570. The van der Waals surface area contributed by atoms with Crippen molar-refractivity contribution in [1.82, 2.24) is 0 Å². The third-order valence-corrected chi connectivity index (χ3v) is 16.7. The number of furan rings is 2. The number of hydrogen-bond acceptors (Lipinski definition) is 6. The highest BCUT2D eigenvalue weighted by atomic mass is 16.3. The molecule has 0 aliphatic carbocycles.